The predicted octanol–water partition coefficient (Wildman–Crippen LogP) is 2.79. The molecule has 1 amide bonds. The van der Waals surface area contributed by atoms with Crippen LogP contribution in [0.25, 0.3) is 0 Å². The topological polar surface area (TPSA) is 29.1 Å². The highest BCUT2D eigenvalue weighted by molar-refractivity contribution is 5.88. The lowest BCUT2D eigenvalue weighted by Crippen LogP contribution is -2.22. The Bertz CT molecular complexity index is 325. The average molecular weight is 205 g/mol. The quantitative estimate of drug-likeness (QED) is 0.690. The smallest absolute Gasteiger partial charge is 0.247 e. The second kappa shape index (κ2) is 4.96. The maximum Gasteiger partial charge on any atom is 0.247 e. The highest BCUT2D eigenvalue weighted by Gasteiger charge is 2.42. The van der Waals surface area contributed by atoms with E-state index in [4.69, 9.17) is 0 Å². The van der Waals surface area contributed by atoms with Crippen molar-refractivity contribution in [3.8, 4) is 0 Å². The Hall–Kier alpha value is -1.31. The Balaban J connectivity index is 0.000000531. The van der Waals surface area contributed by atoms with Gasteiger partial charge in [-0.15, -0.1) is 0 Å². The van der Waals surface area contributed by atoms with Gasteiger partial charge in [0.05, 0.1) is 0 Å². The van der Waals surface area contributed by atoms with E-state index in [-0.39, 0.29) is 5.91 Å². The minimum Gasteiger partial charge on any atom is -0.326 e. The third-order valence-electron chi connectivity index (χ3n) is 2.75. The normalized spacial score (nSPS) is 26.1. The minimum atomic E-state index is -0.107. The first kappa shape index (κ1) is 11.8. The molecule has 82 valence electrons. The van der Waals surface area contributed by atoms with E-state index >= 15 is 0 Å². The van der Waals surface area contributed by atoms with Gasteiger partial charge in [0.25, 0.3) is 0 Å². The molecule has 1 fully saturated rings. The second-order valence-corrected chi connectivity index (χ2v) is 3.67. The summed E-state index contributed by atoms with van der Waals surface area (Å²) in [6.07, 6.45) is 6.59. The van der Waals surface area contributed by atoms with Gasteiger partial charge in [-0.1, -0.05) is 32.1 Å². The largest absolute Gasteiger partial charge is 0.326 e. The van der Waals surface area contributed by atoms with Crippen LogP contribution in [0, 0.1) is 11.8 Å². The Morgan fingerprint density at radius 3 is 2.73 bits per heavy atom. The van der Waals surface area contributed by atoms with Crippen LogP contribution in [0.2, 0.25) is 0 Å². The van der Waals surface area contributed by atoms with Gasteiger partial charge in [0.1, 0.15) is 0 Å². The Kier molecular flexibility index (Phi) is 3.89. The summed E-state index contributed by atoms with van der Waals surface area (Å²) in [5.74, 6) is 1.14. The van der Waals surface area contributed by atoms with Crippen molar-refractivity contribution in [3.05, 3.63) is 36.1 Å². The standard InChI is InChI=1S/C11H13NO.C2H6/c1-3-11(13)12-10-5-4-7(2)8-6-9(8)10;1-2/h3-5,8-9H,1,6H2,2H3,(H,12,13);1-2H3. The number of nitrogens with one attached hydrogen (secondary N) is 1. The van der Waals surface area contributed by atoms with Gasteiger partial charge >= 0.3 is 0 Å². The molecule has 0 spiro atoms. The van der Waals surface area contributed by atoms with E-state index < -0.39 is 0 Å². The predicted molar refractivity (Wildman–Crippen MR) is 63.1 cm³/mol. The maximum absolute atomic E-state index is 11.0. The SMILES string of the molecule is C=CC(=O)NC1=CC=C(C)C2CC12.CC. The molecular formula is C13H19NO. The van der Waals surface area contributed by atoms with Gasteiger partial charge in [0, 0.05) is 11.6 Å². The van der Waals surface area contributed by atoms with Gasteiger partial charge < -0.3 is 5.32 Å². The van der Waals surface area contributed by atoms with Crippen LogP contribution in [0.1, 0.15) is 27.2 Å². The van der Waals surface area contributed by atoms with Crippen molar-refractivity contribution < 1.29 is 4.79 Å². The molecule has 0 aliphatic heterocycles. The zero-order valence-corrected chi connectivity index (χ0v) is 9.71. The molecule has 0 radical (unpaired) electrons. The number of carbonyl (C=O) groups excluding carboxylic acids is 1. The zero-order valence-electron chi connectivity index (χ0n) is 9.71. The molecule has 0 saturated heterocycles. The molecule has 1 saturated carbocycles. The number of allylic oxidation sites excluding steroid dienone is 4. The minimum absolute atomic E-state index is 0.107. The number of carbonyl (C=O) groups is 1. The molecule has 2 atom stereocenters. The van der Waals surface area contributed by atoms with Crippen LogP contribution in [0.15, 0.2) is 36.1 Å². The van der Waals surface area contributed by atoms with Crippen molar-refractivity contribution in [1.29, 1.82) is 0 Å². The van der Waals surface area contributed by atoms with Gasteiger partial charge in [-0.25, -0.2) is 0 Å². The highest BCUT2D eigenvalue weighted by Crippen LogP contribution is 2.50. The molecule has 0 aromatic rings. The molecule has 0 aromatic carbocycles. The fraction of sp³-hybridized carbons (Fsp3) is 0.462. The van der Waals surface area contributed by atoms with Crippen molar-refractivity contribution in [3.63, 3.8) is 0 Å². The molecule has 2 aliphatic rings. The first-order valence-electron chi connectivity index (χ1n) is 5.54. The van der Waals surface area contributed by atoms with Crippen LogP contribution >= 0.6 is 0 Å². The summed E-state index contributed by atoms with van der Waals surface area (Å²) in [4.78, 5) is 11.0. The number of hydrogen-bond donors (Lipinski definition) is 1. The second-order valence-electron chi connectivity index (χ2n) is 3.67. The Morgan fingerprint density at radius 2 is 2.13 bits per heavy atom. The van der Waals surface area contributed by atoms with Gasteiger partial charge in [-0.2, -0.15) is 0 Å². The first-order valence-corrected chi connectivity index (χ1v) is 5.54. The number of fused-ring (bicyclic) bond motifs is 1. The molecule has 15 heavy (non-hydrogen) atoms. The molecule has 0 heterocycles. The molecule has 2 heteroatoms. The lowest BCUT2D eigenvalue weighted by molar-refractivity contribution is -0.115. The fourth-order valence-corrected chi connectivity index (χ4v) is 1.84. The third-order valence-corrected chi connectivity index (χ3v) is 2.75. The Labute approximate surface area is 91.8 Å². The van der Waals surface area contributed by atoms with Crippen LogP contribution in [0.5, 0.6) is 0 Å². The number of amides is 1. The van der Waals surface area contributed by atoms with Crippen LogP contribution in [-0.4, -0.2) is 5.91 Å². The van der Waals surface area contributed by atoms with E-state index in [1.807, 2.05) is 19.9 Å². The van der Waals surface area contributed by atoms with Gasteiger partial charge in [0.2, 0.25) is 5.91 Å². The highest BCUT2D eigenvalue weighted by atomic mass is 16.1. The summed E-state index contributed by atoms with van der Waals surface area (Å²) in [6.45, 7) is 9.57. The zero-order chi connectivity index (χ0) is 11.4. The van der Waals surface area contributed by atoms with Crippen molar-refractivity contribution in [2.45, 2.75) is 27.2 Å². The Morgan fingerprint density at radius 1 is 1.47 bits per heavy atom. The summed E-state index contributed by atoms with van der Waals surface area (Å²) in [6, 6.07) is 0. The molecule has 0 bridgehead atoms. The molecule has 2 aliphatic carbocycles. The fourth-order valence-electron chi connectivity index (χ4n) is 1.84. The monoisotopic (exact) mass is 205 g/mol. The van der Waals surface area contributed by atoms with E-state index in [0.29, 0.717) is 11.8 Å². The molecular weight excluding hydrogens is 186 g/mol. The van der Waals surface area contributed by atoms with E-state index in [2.05, 4.69) is 24.9 Å². The van der Waals surface area contributed by atoms with Gasteiger partial charge in [-0.3, -0.25) is 4.79 Å². The lowest BCUT2D eigenvalue weighted by Gasteiger charge is -2.11. The van der Waals surface area contributed by atoms with E-state index in [9.17, 15) is 4.79 Å². The number of hydrogen-bond acceptors (Lipinski definition) is 1. The summed E-state index contributed by atoms with van der Waals surface area (Å²) in [5.41, 5.74) is 2.49. The van der Waals surface area contributed by atoms with Crippen LogP contribution in [0.4, 0.5) is 0 Å². The van der Waals surface area contributed by atoms with Crippen molar-refractivity contribution >= 4 is 5.91 Å². The van der Waals surface area contributed by atoms with E-state index in [1.54, 1.807) is 0 Å². The third kappa shape index (κ3) is 2.58. The van der Waals surface area contributed by atoms with Crippen LogP contribution in [-0.2, 0) is 4.79 Å². The molecule has 0 aromatic heterocycles. The van der Waals surface area contributed by atoms with E-state index in [0.717, 1.165) is 5.70 Å². The molecule has 2 rings (SSSR count). The summed E-state index contributed by atoms with van der Waals surface area (Å²) >= 11 is 0. The average Bonchev–Trinajstić information content (AvgIpc) is 3.06. The van der Waals surface area contributed by atoms with Crippen molar-refractivity contribution in [2.24, 2.45) is 11.8 Å². The van der Waals surface area contributed by atoms with Gasteiger partial charge in [0.15, 0.2) is 0 Å². The summed E-state index contributed by atoms with van der Waals surface area (Å²) in [7, 11) is 0. The lowest BCUT2D eigenvalue weighted by atomic mass is 10.0. The van der Waals surface area contributed by atoms with Crippen molar-refractivity contribution in [1.82, 2.24) is 5.32 Å². The summed E-state index contributed by atoms with van der Waals surface area (Å²) < 4.78 is 0. The first-order chi connectivity index (χ1) is 7.22. The van der Waals surface area contributed by atoms with Crippen LogP contribution < -0.4 is 5.32 Å². The number of rotatable bonds is 2. The van der Waals surface area contributed by atoms with E-state index in [1.165, 1.54) is 18.1 Å². The van der Waals surface area contributed by atoms with Gasteiger partial charge in [-0.05, 0) is 31.4 Å². The molecule has 1 N–H and O–H groups in total. The molecule has 2 nitrogen and oxygen atoms in total. The van der Waals surface area contributed by atoms with Crippen molar-refractivity contribution in [2.75, 3.05) is 0 Å². The van der Waals surface area contributed by atoms with Crippen LogP contribution in [0.3, 0.4) is 0 Å². The molecule has 2 unspecified atom stereocenters. The summed E-state index contributed by atoms with van der Waals surface area (Å²) in [5, 5.41) is 2.84. The maximum atomic E-state index is 11.0.